The van der Waals surface area contributed by atoms with Crippen LogP contribution in [0.5, 0.6) is 5.75 Å². The maximum Gasteiger partial charge on any atom is 0.318 e. The summed E-state index contributed by atoms with van der Waals surface area (Å²) >= 11 is 1.68. The zero-order valence-electron chi connectivity index (χ0n) is 19.1. The van der Waals surface area contributed by atoms with E-state index < -0.39 is 0 Å². The highest BCUT2D eigenvalue weighted by Gasteiger charge is 2.33. The summed E-state index contributed by atoms with van der Waals surface area (Å²) in [6.45, 7) is 9.21. The summed E-state index contributed by atoms with van der Waals surface area (Å²) in [6.07, 6.45) is 0.786. The first kappa shape index (κ1) is 24.0. The third kappa shape index (κ3) is 6.22. The minimum atomic E-state index is -0.322. The molecule has 2 heterocycles. The van der Waals surface area contributed by atoms with Gasteiger partial charge in [-0.15, -0.1) is 11.3 Å². The molecule has 3 amide bonds. The molecule has 0 fully saturated rings. The highest BCUT2D eigenvalue weighted by Crippen LogP contribution is 2.34. The molecule has 0 spiro atoms. The Kier molecular flexibility index (Phi) is 8.12. The fraction of sp³-hybridized carbons (Fsp3) is 0.500. The van der Waals surface area contributed by atoms with Crippen LogP contribution in [0.15, 0.2) is 35.7 Å². The number of thiophene rings is 1. The Labute approximate surface area is 193 Å². The first-order valence-corrected chi connectivity index (χ1v) is 11.9. The van der Waals surface area contributed by atoms with Gasteiger partial charge >= 0.3 is 6.03 Å². The van der Waals surface area contributed by atoms with Crippen LogP contribution < -0.4 is 10.1 Å². The summed E-state index contributed by atoms with van der Waals surface area (Å²) in [5.74, 6) is 0.369. The van der Waals surface area contributed by atoms with E-state index in [-0.39, 0.29) is 48.9 Å². The van der Waals surface area contributed by atoms with Crippen molar-refractivity contribution in [2.24, 2.45) is 5.92 Å². The average molecular weight is 462 g/mol. The lowest BCUT2D eigenvalue weighted by molar-refractivity contribution is -0.135. The van der Waals surface area contributed by atoms with Crippen LogP contribution in [0.3, 0.4) is 0 Å². The zero-order chi connectivity index (χ0) is 23.3. The summed E-state index contributed by atoms with van der Waals surface area (Å²) in [5, 5.41) is 4.93. The number of urea groups is 1. The molecule has 2 aromatic rings. The van der Waals surface area contributed by atoms with Crippen LogP contribution in [-0.4, -0.2) is 54.0 Å². The SMILES string of the molecule is CC(C)CN(CC(=O)N1CCc2sccc2[C@@H]1COc1ccc(F)cc1)C(=O)NC(C)C. The van der Waals surface area contributed by atoms with Gasteiger partial charge in [-0.3, -0.25) is 4.79 Å². The average Bonchev–Trinajstić information content (AvgIpc) is 3.20. The number of fused-ring (bicyclic) bond motifs is 1. The number of amides is 3. The van der Waals surface area contributed by atoms with E-state index in [0.29, 0.717) is 18.8 Å². The van der Waals surface area contributed by atoms with Crippen molar-refractivity contribution in [1.29, 1.82) is 0 Å². The van der Waals surface area contributed by atoms with Gasteiger partial charge in [-0.25, -0.2) is 9.18 Å². The summed E-state index contributed by atoms with van der Waals surface area (Å²) in [4.78, 5) is 30.7. The van der Waals surface area contributed by atoms with Gasteiger partial charge in [0.1, 0.15) is 24.7 Å². The number of carbonyl (C=O) groups excluding carboxylic acids is 2. The number of ether oxygens (including phenoxy) is 1. The number of nitrogens with one attached hydrogen (secondary N) is 1. The van der Waals surface area contributed by atoms with Gasteiger partial charge in [0.2, 0.25) is 5.91 Å². The Bertz CT molecular complexity index is 913. The lowest BCUT2D eigenvalue weighted by atomic mass is 10.0. The third-order valence-electron chi connectivity index (χ3n) is 5.25. The standard InChI is InChI=1S/C24H32FN3O3S/c1-16(2)13-27(24(30)26-17(3)4)14-23(29)28-11-9-22-20(10-12-32-22)21(28)15-31-19-7-5-18(25)6-8-19/h5-8,10,12,16-17,21H,9,11,13-15H2,1-4H3,(H,26,30)/t21-/m0/s1. The molecule has 3 rings (SSSR count). The maximum absolute atomic E-state index is 13.4. The molecule has 6 nitrogen and oxygen atoms in total. The molecule has 1 aliphatic heterocycles. The van der Waals surface area contributed by atoms with Crippen molar-refractivity contribution >= 4 is 23.3 Å². The fourth-order valence-electron chi connectivity index (χ4n) is 3.83. The van der Waals surface area contributed by atoms with Crippen molar-refractivity contribution in [1.82, 2.24) is 15.1 Å². The lowest BCUT2D eigenvalue weighted by Crippen LogP contribution is -2.51. The Morgan fingerprint density at radius 2 is 1.94 bits per heavy atom. The van der Waals surface area contributed by atoms with Crippen LogP contribution >= 0.6 is 11.3 Å². The second kappa shape index (κ2) is 10.8. The molecule has 1 aromatic heterocycles. The van der Waals surface area contributed by atoms with Crippen LogP contribution in [0.4, 0.5) is 9.18 Å². The molecule has 0 unspecified atom stereocenters. The molecule has 0 radical (unpaired) electrons. The predicted octanol–water partition coefficient (Wildman–Crippen LogP) is 4.47. The van der Waals surface area contributed by atoms with Crippen LogP contribution in [0.25, 0.3) is 0 Å². The minimum Gasteiger partial charge on any atom is -0.491 e. The van der Waals surface area contributed by atoms with E-state index in [2.05, 4.69) is 5.32 Å². The molecule has 0 saturated heterocycles. The van der Waals surface area contributed by atoms with Crippen molar-refractivity contribution in [3.63, 3.8) is 0 Å². The molecule has 0 saturated carbocycles. The number of benzene rings is 1. The molecule has 32 heavy (non-hydrogen) atoms. The molecule has 1 aliphatic rings. The summed E-state index contributed by atoms with van der Waals surface area (Å²) in [6, 6.07) is 7.42. The van der Waals surface area contributed by atoms with Crippen LogP contribution in [0, 0.1) is 11.7 Å². The maximum atomic E-state index is 13.4. The number of hydrogen-bond acceptors (Lipinski definition) is 4. The Morgan fingerprint density at radius 3 is 2.59 bits per heavy atom. The van der Waals surface area contributed by atoms with E-state index in [4.69, 9.17) is 4.74 Å². The molecule has 0 aliphatic carbocycles. The summed E-state index contributed by atoms with van der Waals surface area (Å²) < 4.78 is 19.1. The van der Waals surface area contributed by atoms with Gasteiger partial charge < -0.3 is 19.9 Å². The Hall–Kier alpha value is -2.61. The van der Waals surface area contributed by atoms with Crippen LogP contribution in [0.1, 0.15) is 44.2 Å². The first-order valence-electron chi connectivity index (χ1n) is 11.0. The Balaban J connectivity index is 1.75. The fourth-order valence-corrected chi connectivity index (χ4v) is 4.76. The quantitative estimate of drug-likeness (QED) is 0.631. The van der Waals surface area contributed by atoms with E-state index >= 15 is 0 Å². The van der Waals surface area contributed by atoms with E-state index in [9.17, 15) is 14.0 Å². The van der Waals surface area contributed by atoms with Crippen molar-refractivity contribution in [3.05, 3.63) is 52.0 Å². The van der Waals surface area contributed by atoms with Crippen molar-refractivity contribution < 1.29 is 18.7 Å². The smallest absolute Gasteiger partial charge is 0.318 e. The number of nitrogens with zero attached hydrogens (tertiary/aromatic N) is 2. The van der Waals surface area contributed by atoms with E-state index in [1.54, 1.807) is 28.4 Å². The normalized spacial score (nSPS) is 15.6. The molecule has 0 bridgehead atoms. The number of carbonyl (C=O) groups is 2. The molecule has 1 aromatic carbocycles. The highest BCUT2D eigenvalue weighted by molar-refractivity contribution is 7.10. The van der Waals surface area contributed by atoms with Gasteiger partial charge in [-0.05, 0) is 67.5 Å². The third-order valence-corrected chi connectivity index (χ3v) is 6.24. The van der Waals surface area contributed by atoms with Gasteiger partial charge in [0, 0.05) is 24.0 Å². The molecule has 1 atom stereocenters. The number of halogens is 1. The van der Waals surface area contributed by atoms with Crippen molar-refractivity contribution in [2.45, 2.75) is 46.2 Å². The van der Waals surface area contributed by atoms with Crippen LogP contribution in [-0.2, 0) is 11.2 Å². The summed E-state index contributed by atoms with van der Waals surface area (Å²) in [7, 11) is 0. The molecule has 1 N–H and O–H groups in total. The predicted molar refractivity (Wildman–Crippen MR) is 124 cm³/mol. The molecule has 174 valence electrons. The second-order valence-corrected chi connectivity index (χ2v) is 9.80. The lowest BCUT2D eigenvalue weighted by Gasteiger charge is -2.37. The van der Waals surface area contributed by atoms with Gasteiger partial charge in [0.05, 0.1) is 6.04 Å². The van der Waals surface area contributed by atoms with Gasteiger partial charge in [0.25, 0.3) is 0 Å². The number of rotatable bonds is 8. The van der Waals surface area contributed by atoms with Crippen LogP contribution in [0.2, 0.25) is 0 Å². The zero-order valence-corrected chi connectivity index (χ0v) is 20.0. The van der Waals surface area contributed by atoms with E-state index in [1.165, 1.54) is 17.0 Å². The van der Waals surface area contributed by atoms with Crippen molar-refractivity contribution in [3.8, 4) is 5.75 Å². The van der Waals surface area contributed by atoms with Gasteiger partial charge in [-0.1, -0.05) is 13.8 Å². The molecular weight excluding hydrogens is 429 g/mol. The largest absolute Gasteiger partial charge is 0.491 e. The van der Waals surface area contributed by atoms with E-state index in [1.807, 2.05) is 44.0 Å². The number of hydrogen-bond donors (Lipinski definition) is 1. The first-order chi connectivity index (χ1) is 15.2. The summed E-state index contributed by atoms with van der Waals surface area (Å²) in [5.41, 5.74) is 1.08. The van der Waals surface area contributed by atoms with Crippen molar-refractivity contribution in [2.75, 3.05) is 26.2 Å². The minimum absolute atomic E-state index is 0.00697. The molecular formula is C24H32FN3O3S. The monoisotopic (exact) mass is 461 g/mol. The molecule has 8 heteroatoms. The second-order valence-electron chi connectivity index (χ2n) is 8.80. The topological polar surface area (TPSA) is 61.9 Å². The Morgan fingerprint density at radius 1 is 1.22 bits per heavy atom. The van der Waals surface area contributed by atoms with E-state index in [0.717, 1.165) is 12.0 Å². The van der Waals surface area contributed by atoms with Gasteiger partial charge in [-0.2, -0.15) is 0 Å². The highest BCUT2D eigenvalue weighted by atomic mass is 32.1. The van der Waals surface area contributed by atoms with Gasteiger partial charge in [0.15, 0.2) is 0 Å².